The average molecular weight is 126 g/mol. The third-order valence-electron chi connectivity index (χ3n) is 1.65. The number of hydrogen-bond donors (Lipinski definition) is 0. The van der Waals surface area contributed by atoms with Crippen molar-refractivity contribution in [2.24, 2.45) is 0 Å². The van der Waals surface area contributed by atoms with Crippen molar-refractivity contribution in [3.05, 3.63) is 12.2 Å². The Hall–Kier alpha value is -0.300. The molecule has 1 aliphatic rings. The van der Waals surface area contributed by atoms with E-state index in [1.807, 2.05) is 13.8 Å². The standard InChI is InChI=1S/C8H14O/c1-3-5-8(6-7-8)9-4-2/h3,5H,4,6-7H2,1-2H3/b5-3-. The van der Waals surface area contributed by atoms with Gasteiger partial charge in [-0.3, -0.25) is 0 Å². The van der Waals surface area contributed by atoms with Gasteiger partial charge in [0.15, 0.2) is 0 Å². The minimum atomic E-state index is 0.170. The van der Waals surface area contributed by atoms with E-state index in [0.717, 1.165) is 6.61 Å². The molecule has 0 heterocycles. The molecule has 0 radical (unpaired) electrons. The third kappa shape index (κ3) is 1.55. The van der Waals surface area contributed by atoms with Crippen molar-refractivity contribution in [3.8, 4) is 0 Å². The van der Waals surface area contributed by atoms with E-state index in [1.54, 1.807) is 0 Å². The Morgan fingerprint density at radius 1 is 1.56 bits per heavy atom. The maximum atomic E-state index is 5.49. The summed E-state index contributed by atoms with van der Waals surface area (Å²) in [4.78, 5) is 0. The van der Waals surface area contributed by atoms with E-state index in [-0.39, 0.29) is 5.60 Å². The summed E-state index contributed by atoms with van der Waals surface area (Å²) >= 11 is 0. The summed E-state index contributed by atoms with van der Waals surface area (Å²) in [6.45, 7) is 4.92. The first-order valence-corrected chi connectivity index (χ1v) is 3.61. The van der Waals surface area contributed by atoms with Gasteiger partial charge in [-0.05, 0) is 26.7 Å². The topological polar surface area (TPSA) is 9.23 Å². The molecule has 0 atom stereocenters. The molecule has 1 rings (SSSR count). The summed E-state index contributed by atoms with van der Waals surface area (Å²) in [6.07, 6.45) is 6.66. The maximum absolute atomic E-state index is 5.49. The molecular weight excluding hydrogens is 112 g/mol. The lowest BCUT2D eigenvalue weighted by Crippen LogP contribution is -2.09. The first kappa shape index (κ1) is 6.81. The Morgan fingerprint density at radius 3 is 2.56 bits per heavy atom. The highest BCUT2D eigenvalue weighted by molar-refractivity contribution is 5.11. The van der Waals surface area contributed by atoms with Crippen molar-refractivity contribution in [3.63, 3.8) is 0 Å². The van der Waals surface area contributed by atoms with Gasteiger partial charge in [0.2, 0.25) is 0 Å². The largest absolute Gasteiger partial charge is 0.371 e. The van der Waals surface area contributed by atoms with Crippen molar-refractivity contribution in [1.29, 1.82) is 0 Å². The van der Waals surface area contributed by atoms with Crippen molar-refractivity contribution < 1.29 is 4.74 Å². The molecule has 0 unspecified atom stereocenters. The maximum Gasteiger partial charge on any atom is 0.0864 e. The molecule has 0 aromatic rings. The SMILES string of the molecule is C/C=C\C1(OCC)CC1. The smallest absolute Gasteiger partial charge is 0.0864 e. The van der Waals surface area contributed by atoms with Crippen LogP contribution in [0.25, 0.3) is 0 Å². The highest BCUT2D eigenvalue weighted by atomic mass is 16.5. The molecule has 1 heteroatoms. The van der Waals surface area contributed by atoms with Crippen LogP contribution in [-0.4, -0.2) is 12.2 Å². The van der Waals surface area contributed by atoms with Crippen LogP contribution < -0.4 is 0 Å². The number of allylic oxidation sites excluding steroid dienone is 1. The molecule has 0 amide bonds. The molecule has 0 aromatic heterocycles. The quantitative estimate of drug-likeness (QED) is 0.526. The van der Waals surface area contributed by atoms with Gasteiger partial charge in [0.25, 0.3) is 0 Å². The lowest BCUT2D eigenvalue weighted by Gasteiger charge is -2.08. The molecule has 0 aliphatic heterocycles. The van der Waals surface area contributed by atoms with Crippen LogP contribution in [0.1, 0.15) is 26.7 Å². The molecule has 1 nitrogen and oxygen atoms in total. The summed E-state index contributed by atoms with van der Waals surface area (Å²) in [5.74, 6) is 0. The van der Waals surface area contributed by atoms with E-state index in [2.05, 4.69) is 12.2 Å². The number of ether oxygens (including phenoxy) is 1. The van der Waals surface area contributed by atoms with Gasteiger partial charge in [0.1, 0.15) is 0 Å². The molecule has 52 valence electrons. The van der Waals surface area contributed by atoms with Crippen molar-refractivity contribution >= 4 is 0 Å². The van der Waals surface area contributed by atoms with Crippen LogP contribution in [0.3, 0.4) is 0 Å². The summed E-state index contributed by atoms with van der Waals surface area (Å²) in [5.41, 5.74) is 0.170. The number of hydrogen-bond acceptors (Lipinski definition) is 1. The lowest BCUT2D eigenvalue weighted by atomic mass is 10.3. The first-order chi connectivity index (χ1) is 4.33. The fourth-order valence-corrected chi connectivity index (χ4v) is 1.07. The minimum absolute atomic E-state index is 0.170. The predicted molar refractivity (Wildman–Crippen MR) is 38.4 cm³/mol. The minimum Gasteiger partial charge on any atom is -0.371 e. The lowest BCUT2D eigenvalue weighted by molar-refractivity contribution is 0.0776. The van der Waals surface area contributed by atoms with Gasteiger partial charge in [-0.15, -0.1) is 0 Å². The van der Waals surface area contributed by atoms with Crippen LogP contribution >= 0.6 is 0 Å². The Kier molecular flexibility index (Phi) is 1.91. The van der Waals surface area contributed by atoms with E-state index in [1.165, 1.54) is 12.8 Å². The molecule has 1 fully saturated rings. The van der Waals surface area contributed by atoms with Gasteiger partial charge < -0.3 is 4.74 Å². The van der Waals surface area contributed by atoms with Crippen molar-refractivity contribution in [1.82, 2.24) is 0 Å². The highest BCUT2D eigenvalue weighted by Gasteiger charge is 2.40. The summed E-state index contributed by atoms with van der Waals surface area (Å²) in [7, 11) is 0. The molecule has 1 aliphatic carbocycles. The normalized spacial score (nSPS) is 22.9. The second-order valence-corrected chi connectivity index (χ2v) is 2.50. The zero-order valence-corrected chi connectivity index (χ0v) is 6.18. The van der Waals surface area contributed by atoms with Gasteiger partial charge in [-0.1, -0.05) is 12.2 Å². The molecular formula is C8H14O. The van der Waals surface area contributed by atoms with Crippen LogP contribution in [-0.2, 0) is 4.74 Å². The third-order valence-corrected chi connectivity index (χ3v) is 1.65. The molecule has 0 saturated heterocycles. The van der Waals surface area contributed by atoms with E-state index in [4.69, 9.17) is 4.74 Å². The van der Waals surface area contributed by atoms with Crippen molar-refractivity contribution in [2.45, 2.75) is 32.3 Å². The molecule has 0 N–H and O–H groups in total. The van der Waals surface area contributed by atoms with Gasteiger partial charge in [-0.25, -0.2) is 0 Å². The molecule has 0 bridgehead atoms. The molecule has 0 aromatic carbocycles. The molecule has 0 spiro atoms. The van der Waals surface area contributed by atoms with Crippen molar-refractivity contribution in [2.75, 3.05) is 6.61 Å². The van der Waals surface area contributed by atoms with Gasteiger partial charge in [-0.2, -0.15) is 0 Å². The van der Waals surface area contributed by atoms with Crippen LogP contribution in [0.2, 0.25) is 0 Å². The predicted octanol–water partition coefficient (Wildman–Crippen LogP) is 2.13. The fraction of sp³-hybridized carbons (Fsp3) is 0.750. The monoisotopic (exact) mass is 126 g/mol. The summed E-state index contributed by atoms with van der Waals surface area (Å²) in [5, 5.41) is 0. The molecule has 1 saturated carbocycles. The number of rotatable bonds is 3. The van der Waals surface area contributed by atoms with Crippen LogP contribution in [0.15, 0.2) is 12.2 Å². The Balaban J connectivity index is 2.33. The Labute approximate surface area is 56.7 Å². The zero-order valence-electron chi connectivity index (χ0n) is 6.18. The van der Waals surface area contributed by atoms with E-state index >= 15 is 0 Å². The van der Waals surface area contributed by atoms with Crippen LogP contribution in [0, 0.1) is 0 Å². The van der Waals surface area contributed by atoms with Gasteiger partial charge in [0.05, 0.1) is 5.60 Å². The van der Waals surface area contributed by atoms with Crippen LogP contribution in [0.4, 0.5) is 0 Å². The van der Waals surface area contributed by atoms with E-state index in [9.17, 15) is 0 Å². The highest BCUT2D eigenvalue weighted by Crippen LogP contribution is 2.40. The fourth-order valence-electron chi connectivity index (χ4n) is 1.07. The van der Waals surface area contributed by atoms with E-state index < -0.39 is 0 Å². The van der Waals surface area contributed by atoms with Gasteiger partial charge in [0, 0.05) is 6.61 Å². The van der Waals surface area contributed by atoms with Crippen LogP contribution in [0.5, 0.6) is 0 Å². The second-order valence-electron chi connectivity index (χ2n) is 2.50. The van der Waals surface area contributed by atoms with E-state index in [0.29, 0.717) is 0 Å². The second kappa shape index (κ2) is 2.53. The molecule has 9 heavy (non-hydrogen) atoms. The first-order valence-electron chi connectivity index (χ1n) is 3.61. The summed E-state index contributed by atoms with van der Waals surface area (Å²) in [6, 6.07) is 0. The van der Waals surface area contributed by atoms with Gasteiger partial charge >= 0.3 is 0 Å². The Morgan fingerprint density at radius 2 is 2.22 bits per heavy atom. The average Bonchev–Trinajstić information content (AvgIpc) is 2.51. The zero-order chi connectivity index (χ0) is 6.74. The summed E-state index contributed by atoms with van der Waals surface area (Å²) < 4.78 is 5.49. The Bertz CT molecular complexity index is 112.